The third-order valence-corrected chi connectivity index (χ3v) is 4.27. The van der Waals surface area contributed by atoms with E-state index in [1.54, 1.807) is 6.20 Å². The maximum atomic E-state index is 11.2. The van der Waals surface area contributed by atoms with Gasteiger partial charge in [-0.2, -0.15) is 0 Å². The summed E-state index contributed by atoms with van der Waals surface area (Å²) in [6, 6.07) is 2.24. The maximum absolute atomic E-state index is 11.2. The molecule has 0 unspecified atom stereocenters. The van der Waals surface area contributed by atoms with E-state index < -0.39 is 10.8 Å². The highest BCUT2D eigenvalue weighted by Gasteiger charge is 2.17. The van der Waals surface area contributed by atoms with Crippen molar-refractivity contribution >= 4 is 22.3 Å². The molecule has 88 valence electrons. The molecule has 0 bridgehead atoms. The van der Waals surface area contributed by atoms with Crippen molar-refractivity contribution in [1.29, 1.82) is 0 Å². The highest BCUT2D eigenvalue weighted by molar-refractivity contribution is 7.85. The first-order chi connectivity index (χ1) is 7.65. The molecule has 4 nitrogen and oxygen atoms in total. The number of aryl methyl sites for hydroxylation is 1. The van der Waals surface area contributed by atoms with Gasteiger partial charge in [-0.1, -0.05) is 0 Å². The van der Waals surface area contributed by atoms with Crippen molar-refractivity contribution in [2.75, 3.05) is 22.6 Å². The summed E-state index contributed by atoms with van der Waals surface area (Å²) in [5.41, 5.74) is 7.58. The zero-order valence-corrected chi connectivity index (χ0v) is 10.2. The van der Waals surface area contributed by atoms with E-state index >= 15 is 0 Å². The fourth-order valence-electron chi connectivity index (χ4n) is 1.77. The monoisotopic (exact) mass is 239 g/mol. The molecule has 2 rings (SSSR count). The van der Waals surface area contributed by atoms with Gasteiger partial charge in [-0.25, -0.2) is 4.98 Å². The molecule has 1 aliphatic rings. The molecule has 1 aromatic rings. The lowest BCUT2D eigenvalue weighted by Crippen LogP contribution is -2.29. The smallest absolute Gasteiger partial charge is 0.128 e. The number of hydrogen-bond donors (Lipinski definition) is 2. The molecule has 1 fully saturated rings. The van der Waals surface area contributed by atoms with Gasteiger partial charge in [0.1, 0.15) is 5.82 Å². The summed E-state index contributed by atoms with van der Waals surface area (Å²) in [5.74, 6) is 2.40. The Morgan fingerprint density at radius 3 is 2.81 bits per heavy atom. The molecule has 1 saturated heterocycles. The fraction of sp³-hybridized carbons (Fsp3) is 0.545. The number of aromatic nitrogens is 1. The van der Waals surface area contributed by atoms with Gasteiger partial charge in [0.15, 0.2) is 0 Å². The van der Waals surface area contributed by atoms with Crippen molar-refractivity contribution in [3.05, 3.63) is 17.8 Å². The molecule has 3 N–H and O–H groups in total. The highest BCUT2D eigenvalue weighted by Crippen LogP contribution is 2.18. The topological polar surface area (TPSA) is 68.0 Å². The number of nitrogens with two attached hydrogens (primary N) is 1. The van der Waals surface area contributed by atoms with Crippen LogP contribution in [0.15, 0.2) is 12.3 Å². The van der Waals surface area contributed by atoms with Gasteiger partial charge in [-0.05, 0) is 25.3 Å². The van der Waals surface area contributed by atoms with Crippen LogP contribution in [0.4, 0.5) is 11.5 Å². The highest BCUT2D eigenvalue weighted by atomic mass is 32.2. The molecule has 5 heteroatoms. The third-order valence-electron chi connectivity index (χ3n) is 2.88. The number of anilines is 2. The molecule has 2 heterocycles. The Morgan fingerprint density at radius 2 is 2.19 bits per heavy atom. The molecule has 0 saturated carbocycles. The van der Waals surface area contributed by atoms with E-state index in [0.29, 0.717) is 6.04 Å². The van der Waals surface area contributed by atoms with Crippen LogP contribution in [0.1, 0.15) is 18.4 Å². The maximum Gasteiger partial charge on any atom is 0.128 e. The average molecular weight is 239 g/mol. The van der Waals surface area contributed by atoms with E-state index in [9.17, 15) is 4.21 Å². The van der Waals surface area contributed by atoms with Crippen LogP contribution in [-0.4, -0.2) is 26.7 Å². The van der Waals surface area contributed by atoms with Gasteiger partial charge in [-0.15, -0.1) is 0 Å². The lowest BCUT2D eigenvalue weighted by Gasteiger charge is -2.23. The first-order valence-corrected chi connectivity index (χ1v) is 6.97. The van der Waals surface area contributed by atoms with Crippen LogP contribution in [0.5, 0.6) is 0 Å². The standard InChI is InChI=1S/C11H17N3OS/c1-8-7-13-11(6-10(8)12)14-9-2-4-16(15)5-3-9/h6-7,9H,2-5H2,1H3,(H3,12,13,14). The van der Waals surface area contributed by atoms with E-state index in [4.69, 9.17) is 5.73 Å². The van der Waals surface area contributed by atoms with Crippen molar-refractivity contribution in [3.8, 4) is 0 Å². The minimum atomic E-state index is -0.612. The summed E-state index contributed by atoms with van der Waals surface area (Å²) in [6.07, 6.45) is 3.67. The molecule has 0 atom stereocenters. The number of pyridine rings is 1. The van der Waals surface area contributed by atoms with Crippen LogP contribution in [0.25, 0.3) is 0 Å². The summed E-state index contributed by atoms with van der Waals surface area (Å²) < 4.78 is 11.2. The first-order valence-electron chi connectivity index (χ1n) is 5.49. The van der Waals surface area contributed by atoms with Crippen LogP contribution in [0.2, 0.25) is 0 Å². The molecular formula is C11H17N3OS. The first kappa shape index (κ1) is 11.4. The predicted octanol–water partition coefficient (Wildman–Crippen LogP) is 1.30. The summed E-state index contributed by atoms with van der Waals surface area (Å²) in [5, 5.41) is 3.34. The molecule has 0 aliphatic carbocycles. The van der Waals surface area contributed by atoms with E-state index in [1.165, 1.54) is 0 Å². The molecule has 0 aromatic carbocycles. The van der Waals surface area contributed by atoms with Crippen LogP contribution in [0, 0.1) is 6.92 Å². The zero-order valence-electron chi connectivity index (χ0n) is 9.40. The Hall–Kier alpha value is -1.10. The van der Waals surface area contributed by atoms with Gasteiger partial charge in [0, 0.05) is 46.3 Å². The molecule has 0 spiro atoms. The summed E-state index contributed by atoms with van der Waals surface area (Å²) >= 11 is 0. The minimum Gasteiger partial charge on any atom is -0.398 e. The van der Waals surface area contributed by atoms with E-state index in [2.05, 4.69) is 10.3 Å². The minimum absolute atomic E-state index is 0.382. The van der Waals surface area contributed by atoms with Crippen molar-refractivity contribution in [2.45, 2.75) is 25.8 Å². The second-order valence-corrected chi connectivity index (χ2v) is 5.89. The second-order valence-electron chi connectivity index (χ2n) is 4.19. The number of nitrogen functional groups attached to an aromatic ring is 1. The lowest BCUT2D eigenvalue weighted by atomic mass is 10.1. The molecule has 1 aromatic heterocycles. The van der Waals surface area contributed by atoms with Gasteiger partial charge < -0.3 is 11.1 Å². The van der Waals surface area contributed by atoms with Gasteiger partial charge in [-0.3, -0.25) is 4.21 Å². The predicted molar refractivity (Wildman–Crippen MR) is 67.9 cm³/mol. The van der Waals surface area contributed by atoms with Crippen LogP contribution < -0.4 is 11.1 Å². The molecule has 1 aliphatic heterocycles. The zero-order chi connectivity index (χ0) is 11.5. The summed E-state index contributed by atoms with van der Waals surface area (Å²) in [6.45, 7) is 1.94. The van der Waals surface area contributed by atoms with E-state index in [0.717, 1.165) is 41.4 Å². The van der Waals surface area contributed by atoms with Crippen LogP contribution in [-0.2, 0) is 10.8 Å². The normalized spacial score (nSPS) is 25.3. The second kappa shape index (κ2) is 4.82. The van der Waals surface area contributed by atoms with E-state index in [-0.39, 0.29) is 0 Å². The molecule has 0 radical (unpaired) electrons. The van der Waals surface area contributed by atoms with Crippen molar-refractivity contribution < 1.29 is 4.21 Å². The van der Waals surface area contributed by atoms with Crippen LogP contribution in [0.3, 0.4) is 0 Å². The van der Waals surface area contributed by atoms with Crippen LogP contribution >= 0.6 is 0 Å². The molecule has 16 heavy (non-hydrogen) atoms. The van der Waals surface area contributed by atoms with E-state index in [1.807, 2.05) is 13.0 Å². The third kappa shape index (κ3) is 2.72. The Labute approximate surface area is 98.1 Å². The van der Waals surface area contributed by atoms with Crippen molar-refractivity contribution in [1.82, 2.24) is 4.98 Å². The lowest BCUT2D eigenvalue weighted by molar-refractivity contribution is 0.622. The fourth-order valence-corrected chi connectivity index (χ4v) is 3.06. The van der Waals surface area contributed by atoms with Crippen molar-refractivity contribution in [2.24, 2.45) is 0 Å². The number of nitrogens with one attached hydrogen (secondary N) is 1. The molecule has 0 amide bonds. The van der Waals surface area contributed by atoms with Gasteiger partial charge >= 0.3 is 0 Å². The molecular weight excluding hydrogens is 222 g/mol. The number of nitrogens with zero attached hydrogens (tertiary/aromatic N) is 1. The summed E-state index contributed by atoms with van der Waals surface area (Å²) in [7, 11) is -0.612. The Kier molecular flexibility index (Phi) is 3.43. The number of rotatable bonds is 2. The van der Waals surface area contributed by atoms with Crippen molar-refractivity contribution in [3.63, 3.8) is 0 Å². The summed E-state index contributed by atoms with van der Waals surface area (Å²) in [4.78, 5) is 4.29. The average Bonchev–Trinajstić information content (AvgIpc) is 2.27. The SMILES string of the molecule is Cc1cnc(NC2CCS(=O)CC2)cc1N. The van der Waals surface area contributed by atoms with Gasteiger partial charge in [0.05, 0.1) is 0 Å². The van der Waals surface area contributed by atoms with Gasteiger partial charge in [0.2, 0.25) is 0 Å². The Morgan fingerprint density at radius 1 is 1.50 bits per heavy atom. The number of hydrogen-bond acceptors (Lipinski definition) is 4. The quantitative estimate of drug-likeness (QED) is 0.816. The van der Waals surface area contributed by atoms with Gasteiger partial charge in [0.25, 0.3) is 0 Å². The largest absolute Gasteiger partial charge is 0.398 e. The Balaban J connectivity index is 1.98. The Bertz CT molecular complexity index is 398.